The van der Waals surface area contributed by atoms with Gasteiger partial charge in [-0.2, -0.15) is 10.5 Å². The minimum Gasteiger partial charge on any atom is -0.497 e. The predicted molar refractivity (Wildman–Crippen MR) is 111 cm³/mol. The lowest BCUT2D eigenvalue weighted by atomic mass is 10.1. The smallest absolute Gasteiger partial charge is 0.354 e. The Morgan fingerprint density at radius 2 is 1.35 bits per heavy atom. The van der Waals surface area contributed by atoms with Gasteiger partial charge in [-0.3, -0.25) is 0 Å². The molecule has 8 heteroatoms. The Morgan fingerprint density at radius 3 is 1.90 bits per heavy atom. The molecule has 8 nitrogen and oxygen atoms in total. The van der Waals surface area contributed by atoms with Crippen molar-refractivity contribution in [3.05, 3.63) is 64.7 Å². The van der Waals surface area contributed by atoms with Crippen molar-refractivity contribution in [1.29, 1.82) is 10.5 Å². The van der Waals surface area contributed by atoms with E-state index in [9.17, 15) is 14.9 Å². The summed E-state index contributed by atoms with van der Waals surface area (Å²) < 4.78 is 20.1. The van der Waals surface area contributed by atoms with Crippen molar-refractivity contribution in [1.82, 2.24) is 0 Å². The van der Waals surface area contributed by atoms with Crippen LogP contribution >= 0.6 is 0 Å². The second kappa shape index (κ2) is 10.8. The van der Waals surface area contributed by atoms with Crippen molar-refractivity contribution in [2.45, 2.75) is 0 Å². The molecule has 156 valence electrons. The first kappa shape index (κ1) is 22.7. The van der Waals surface area contributed by atoms with Crippen LogP contribution in [0, 0.1) is 22.7 Å². The van der Waals surface area contributed by atoms with Gasteiger partial charge in [0.15, 0.2) is 11.5 Å². The summed E-state index contributed by atoms with van der Waals surface area (Å²) in [5, 5.41) is 18.4. The molecule has 2 aromatic carbocycles. The summed E-state index contributed by atoms with van der Waals surface area (Å²) in [6.07, 6.45) is 2.70. The summed E-state index contributed by atoms with van der Waals surface area (Å²) in [6.45, 7) is 0. The number of esters is 2. The van der Waals surface area contributed by atoms with Gasteiger partial charge in [0.2, 0.25) is 0 Å². The molecule has 0 N–H and O–H groups in total. The third kappa shape index (κ3) is 5.96. The monoisotopic (exact) mass is 418 g/mol. The third-order valence-corrected chi connectivity index (χ3v) is 3.99. The Balaban J connectivity index is 2.28. The standard InChI is InChI=1S/C23H18N2O6/c1-28-19-7-4-15(5-8-19)10-18(14-25)23(27)31-20-9-6-16(12-21(20)29-2)11-17(13-24)22(26)30-3/h4-12H,1-3H3. The fourth-order valence-corrected chi connectivity index (χ4v) is 2.43. The molecule has 0 amide bonds. The molecular weight excluding hydrogens is 400 g/mol. The fraction of sp³-hybridized carbons (Fsp3) is 0.130. The summed E-state index contributed by atoms with van der Waals surface area (Å²) in [7, 11) is 4.07. The zero-order valence-electron chi connectivity index (χ0n) is 17.0. The number of carbonyl (C=O) groups is 2. The first-order valence-corrected chi connectivity index (χ1v) is 8.81. The van der Waals surface area contributed by atoms with Crippen molar-refractivity contribution < 1.29 is 28.5 Å². The van der Waals surface area contributed by atoms with Crippen LogP contribution in [-0.4, -0.2) is 33.3 Å². The maximum absolute atomic E-state index is 12.5. The topological polar surface area (TPSA) is 119 Å². The van der Waals surface area contributed by atoms with Crippen LogP contribution in [-0.2, 0) is 14.3 Å². The zero-order chi connectivity index (χ0) is 22.8. The maximum atomic E-state index is 12.5. The highest BCUT2D eigenvalue weighted by Gasteiger charge is 2.16. The van der Waals surface area contributed by atoms with E-state index < -0.39 is 11.9 Å². The lowest BCUT2D eigenvalue weighted by molar-refractivity contribution is -0.135. The first-order chi connectivity index (χ1) is 14.9. The van der Waals surface area contributed by atoms with E-state index in [1.807, 2.05) is 6.07 Å². The first-order valence-electron chi connectivity index (χ1n) is 8.81. The minimum atomic E-state index is -0.868. The van der Waals surface area contributed by atoms with Gasteiger partial charge < -0.3 is 18.9 Å². The summed E-state index contributed by atoms with van der Waals surface area (Å²) in [4.78, 5) is 24.0. The molecule has 0 aromatic heterocycles. The van der Waals surface area contributed by atoms with Crippen LogP contribution in [0.15, 0.2) is 53.6 Å². The molecule has 0 radical (unpaired) electrons. The van der Waals surface area contributed by atoms with E-state index in [1.165, 1.54) is 51.7 Å². The summed E-state index contributed by atoms with van der Waals surface area (Å²) in [5.74, 6) is -0.765. The zero-order valence-corrected chi connectivity index (χ0v) is 17.0. The number of nitrogens with zero attached hydrogens (tertiary/aromatic N) is 2. The van der Waals surface area contributed by atoms with Crippen LogP contribution < -0.4 is 14.2 Å². The molecule has 0 heterocycles. The molecule has 0 spiro atoms. The van der Waals surface area contributed by atoms with Crippen LogP contribution in [0.1, 0.15) is 11.1 Å². The van der Waals surface area contributed by atoms with Gasteiger partial charge >= 0.3 is 11.9 Å². The quantitative estimate of drug-likeness (QED) is 0.291. The van der Waals surface area contributed by atoms with Gasteiger partial charge in [-0.05, 0) is 47.5 Å². The van der Waals surface area contributed by atoms with Crippen molar-refractivity contribution in [3.63, 3.8) is 0 Å². The molecular formula is C23H18N2O6. The Bertz CT molecular complexity index is 1120. The number of methoxy groups -OCH3 is 3. The lowest BCUT2D eigenvalue weighted by Gasteiger charge is -2.10. The fourth-order valence-electron chi connectivity index (χ4n) is 2.43. The Morgan fingerprint density at radius 1 is 0.774 bits per heavy atom. The molecule has 0 unspecified atom stereocenters. The molecule has 31 heavy (non-hydrogen) atoms. The molecule has 0 aliphatic rings. The summed E-state index contributed by atoms with van der Waals surface area (Å²) in [6, 6.07) is 14.8. The second-order valence-electron chi connectivity index (χ2n) is 5.90. The highest BCUT2D eigenvalue weighted by atomic mass is 16.6. The van der Waals surface area contributed by atoms with E-state index in [2.05, 4.69) is 4.74 Å². The van der Waals surface area contributed by atoms with Gasteiger partial charge in [0.05, 0.1) is 21.3 Å². The SMILES string of the molecule is COC(=O)C(C#N)=Cc1ccc(OC(=O)C(C#N)=Cc2ccc(OC)cc2)c(OC)c1. The van der Waals surface area contributed by atoms with Gasteiger partial charge in [-0.25, -0.2) is 9.59 Å². The highest BCUT2D eigenvalue weighted by molar-refractivity contribution is 5.99. The molecule has 0 aliphatic heterocycles. The minimum absolute atomic E-state index is 0.0668. The molecule has 0 saturated carbocycles. The molecule has 0 atom stereocenters. The van der Waals surface area contributed by atoms with E-state index in [4.69, 9.17) is 19.5 Å². The highest BCUT2D eigenvalue weighted by Crippen LogP contribution is 2.30. The average Bonchev–Trinajstić information content (AvgIpc) is 2.81. The van der Waals surface area contributed by atoms with Crippen LogP contribution in [0.4, 0.5) is 0 Å². The van der Waals surface area contributed by atoms with E-state index >= 15 is 0 Å². The van der Waals surface area contributed by atoms with Gasteiger partial charge in [0.1, 0.15) is 29.0 Å². The average molecular weight is 418 g/mol. The number of nitriles is 2. The summed E-state index contributed by atoms with van der Waals surface area (Å²) >= 11 is 0. The summed E-state index contributed by atoms with van der Waals surface area (Å²) in [5.41, 5.74) is 0.651. The van der Waals surface area contributed by atoms with Gasteiger partial charge in [0, 0.05) is 0 Å². The number of carbonyl (C=O) groups excluding carboxylic acids is 2. The molecule has 0 bridgehead atoms. The van der Waals surface area contributed by atoms with Crippen molar-refractivity contribution in [2.75, 3.05) is 21.3 Å². The lowest BCUT2D eigenvalue weighted by Crippen LogP contribution is -2.11. The van der Waals surface area contributed by atoms with E-state index in [0.717, 1.165) is 0 Å². The van der Waals surface area contributed by atoms with Gasteiger partial charge in [-0.15, -0.1) is 0 Å². The van der Waals surface area contributed by atoms with E-state index in [1.54, 1.807) is 30.3 Å². The molecule has 0 fully saturated rings. The van der Waals surface area contributed by atoms with E-state index in [0.29, 0.717) is 16.9 Å². The number of rotatable bonds is 7. The third-order valence-electron chi connectivity index (χ3n) is 3.99. The van der Waals surface area contributed by atoms with Crippen LogP contribution in [0.3, 0.4) is 0 Å². The Kier molecular flexibility index (Phi) is 7.95. The van der Waals surface area contributed by atoms with Crippen molar-refractivity contribution in [3.8, 4) is 29.4 Å². The number of benzene rings is 2. The van der Waals surface area contributed by atoms with Crippen molar-refractivity contribution in [2.24, 2.45) is 0 Å². The molecule has 0 aliphatic carbocycles. The molecule has 2 rings (SSSR count). The van der Waals surface area contributed by atoms with E-state index in [-0.39, 0.29) is 22.6 Å². The maximum Gasteiger partial charge on any atom is 0.354 e. The second-order valence-corrected chi connectivity index (χ2v) is 5.90. The van der Waals surface area contributed by atoms with Crippen LogP contribution in [0.5, 0.6) is 17.2 Å². The van der Waals surface area contributed by atoms with Crippen molar-refractivity contribution >= 4 is 24.1 Å². The van der Waals surface area contributed by atoms with Gasteiger partial charge in [-0.1, -0.05) is 18.2 Å². The predicted octanol–water partition coefficient (Wildman–Crippen LogP) is 3.30. The molecule has 0 saturated heterocycles. The van der Waals surface area contributed by atoms with Gasteiger partial charge in [0.25, 0.3) is 0 Å². The van der Waals surface area contributed by atoms with Crippen LogP contribution in [0.25, 0.3) is 12.2 Å². The van der Waals surface area contributed by atoms with Crippen LogP contribution in [0.2, 0.25) is 0 Å². The molecule has 2 aromatic rings. The normalized spacial score (nSPS) is 11.0. The Hall–Kier alpha value is -4.56. The Labute approximate surface area is 179 Å². The number of hydrogen-bond donors (Lipinski definition) is 0. The largest absolute Gasteiger partial charge is 0.497 e. The number of hydrogen-bond acceptors (Lipinski definition) is 8. The number of ether oxygens (including phenoxy) is 4.